The highest BCUT2D eigenvalue weighted by molar-refractivity contribution is 6.36. The summed E-state index contributed by atoms with van der Waals surface area (Å²) in [7, 11) is 0. The molecule has 0 saturated carbocycles. The molecule has 0 unspecified atom stereocenters. The van der Waals surface area contributed by atoms with Gasteiger partial charge in [0.2, 0.25) is 0 Å². The second kappa shape index (κ2) is 9.57. The van der Waals surface area contributed by atoms with E-state index in [1.807, 2.05) is 0 Å². The van der Waals surface area contributed by atoms with Gasteiger partial charge in [0.1, 0.15) is 0 Å². The van der Waals surface area contributed by atoms with E-state index in [2.05, 4.69) is 10.4 Å². The number of ketones is 1. The Morgan fingerprint density at radius 2 is 1.47 bits per heavy atom. The summed E-state index contributed by atoms with van der Waals surface area (Å²) in [5.74, 6) is -0.373. The highest BCUT2D eigenvalue weighted by Gasteiger charge is 2.19. The van der Waals surface area contributed by atoms with Crippen molar-refractivity contribution >= 4 is 52.3 Å². The lowest BCUT2D eigenvalue weighted by Gasteiger charge is -2.09. The molecule has 1 aromatic heterocycles. The standard InChI is InChI=1S/C24H16Cl3N3O2/c25-16-10-8-15(9-11-16)23(31)17-4-1-2-5-18(17)24(32)28-22-12-13-30(29-22)14-19-20(26)6-3-7-21(19)27/h1-13H,14H2,(H,28,29,32). The molecule has 0 atom stereocenters. The van der Waals surface area contributed by atoms with Crippen molar-refractivity contribution in [2.24, 2.45) is 0 Å². The van der Waals surface area contributed by atoms with Gasteiger partial charge in [0, 0.05) is 44.0 Å². The summed E-state index contributed by atoms with van der Waals surface area (Å²) in [6.07, 6.45) is 1.71. The van der Waals surface area contributed by atoms with Crippen LogP contribution in [-0.2, 0) is 6.54 Å². The van der Waals surface area contributed by atoms with Crippen molar-refractivity contribution in [2.75, 3.05) is 5.32 Å². The molecule has 5 nitrogen and oxygen atoms in total. The average molecular weight is 485 g/mol. The number of halogens is 3. The first-order chi connectivity index (χ1) is 15.4. The molecule has 160 valence electrons. The number of carbonyl (C=O) groups excluding carboxylic acids is 2. The van der Waals surface area contributed by atoms with Crippen LogP contribution in [0.5, 0.6) is 0 Å². The molecule has 1 amide bonds. The second-order valence-corrected chi connectivity index (χ2v) is 8.19. The van der Waals surface area contributed by atoms with Crippen molar-refractivity contribution in [3.05, 3.63) is 116 Å². The number of amides is 1. The molecule has 32 heavy (non-hydrogen) atoms. The van der Waals surface area contributed by atoms with Gasteiger partial charge in [-0.2, -0.15) is 5.10 Å². The van der Waals surface area contributed by atoms with E-state index in [9.17, 15) is 9.59 Å². The van der Waals surface area contributed by atoms with E-state index in [4.69, 9.17) is 34.8 Å². The highest BCUT2D eigenvalue weighted by atomic mass is 35.5. The lowest BCUT2D eigenvalue weighted by Crippen LogP contribution is -2.17. The molecule has 0 saturated heterocycles. The number of benzene rings is 3. The highest BCUT2D eigenvalue weighted by Crippen LogP contribution is 2.25. The molecule has 0 radical (unpaired) electrons. The Hall–Kier alpha value is -3.12. The van der Waals surface area contributed by atoms with Gasteiger partial charge < -0.3 is 5.32 Å². The lowest BCUT2D eigenvalue weighted by molar-refractivity contribution is 0.0996. The van der Waals surface area contributed by atoms with Gasteiger partial charge in [0.05, 0.1) is 12.1 Å². The van der Waals surface area contributed by atoms with E-state index >= 15 is 0 Å². The Kier molecular flexibility index (Phi) is 6.61. The number of hydrogen-bond donors (Lipinski definition) is 1. The van der Waals surface area contributed by atoms with Crippen LogP contribution in [-0.4, -0.2) is 21.5 Å². The topological polar surface area (TPSA) is 64.0 Å². The van der Waals surface area contributed by atoms with Gasteiger partial charge in [-0.25, -0.2) is 0 Å². The molecule has 0 aliphatic heterocycles. The summed E-state index contributed by atoms with van der Waals surface area (Å²) >= 11 is 18.4. The van der Waals surface area contributed by atoms with Crippen LogP contribution in [0.3, 0.4) is 0 Å². The summed E-state index contributed by atoms with van der Waals surface area (Å²) in [5.41, 5.74) is 1.71. The maximum absolute atomic E-state index is 12.9. The summed E-state index contributed by atoms with van der Waals surface area (Å²) in [4.78, 5) is 25.9. The largest absolute Gasteiger partial charge is 0.305 e. The van der Waals surface area contributed by atoms with Crippen LogP contribution < -0.4 is 5.32 Å². The fraction of sp³-hybridized carbons (Fsp3) is 0.0417. The van der Waals surface area contributed by atoms with Gasteiger partial charge in [-0.1, -0.05) is 59.1 Å². The Balaban J connectivity index is 1.53. The van der Waals surface area contributed by atoms with Crippen LogP contribution in [0.1, 0.15) is 31.8 Å². The maximum atomic E-state index is 12.9. The van der Waals surface area contributed by atoms with Gasteiger partial charge in [0.15, 0.2) is 11.6 Å². The van der Waals surface area contributed by atoms with Crippen molar-refractivity contribution in [3.8, 4) is 0 Å². The molecule has 8 heteroatoms. The second-order valence-electron chi connectivity index (χ2n) is 6.93. The van der Waals surface area contributed by atoms with E-state index in [-0.39, 0.29) is 16.9 Å². The normalized spacial score (nSPS) is 10.7. The predicted molar refractivity (Wildman–Crippen MR) is 127 cm³/mol. The van der Waals surface area contributed by atoms with Crippen LogP contribution in [0.2, 0.25) is 15.1 Å². The summed E-state index contributed by atoms with van der Waals surface area (Å²) < 4.78 is 1.62. The summed E-state index contributed by atoms with van der Waals surface area (Å²) in [6.45, 7) is 0.347. The summed E-state index contributed by atoms with van der Waals surface area (Å²) in [6, 6.07) is 20.1. The zero-order valence-electron chi connectivity index (χ0n) is 16.6. The third-order valence-corrected chi connectivity index (χ3v) is 5.75. The molecule has 3 aromatic carbocycles. The maximum Gasteiger partial charge on any atom is 0.257 e. The van der Waals surface area contributed by atoms with Crippen molar-refractivity contribution in [1.29, 1.82) is 0 Å². The molecule has 0 aliphatic carbocycles. The number of rotatable bonds is 6. The first-order valence-electron chi connectivity index (χ1n) is 9.59. The monoisotopic (exact) mass is 483 g/mol. The first-order valence-corrected chi connectivity index (χ1v) is 10.7. The molecule has 4 aromatic rings. The molecule has 0 fully saturated rings. The van der Waals surface area contributed by atoms with E-state index in [0.717, 1.165) is 5.56 Å². The van der Waals surface area contributed by atoms with Crippen LogP contribution in [0.4, 0.5) is 5.82 Å². The van der Waals surface area contributed by atoms with Gasteiger partial charge in [-0.15, -0.1) is 0 Å². The third kappa shape index (κ3) is 4.86. The fourth-order valence-electron chi connectivity index (χ4n) is 3.18. The van der Waals surface area contributed by atoms with E-state index in [1.165, 1.54) is 0 Å². The van der Waals surface area contributed by atoms with Crippen molar-refractivity contribution < 1.29 is 9.59 Å². The Morgan fingerprint density at radius 1 is 0.812 bits per heavy atom. The molecule has 0 bridgehead atoms. The zero-order valence-corrected chi connectivity index (χ0v) is 18.8. The number of carbonyl (C=O) groups is 2. The zero-order chi connectivity index (χ0) is 22.7. The Morgan fingerprint density at radius 3 is 2.16 bits per heavy atom. The van der Waals surface area contributed by atoms with Crippen molar-refractivity contribution in [2.45, 2.75) is 6.54 Å². The SMILES string of the molecule is O=C(Nc1ccn(Cc2c(Cl)cccc2Cl)n1)c1ccccc1C(=O)c1ccc(Cl)cc1. The minimum atomic E-state index is -0.441. The molecular formula is C24H16Cl3N3O2. The number of aromatic nitrogens is 2. The predicted octanol–water partition coefficient (Wildman–Crippen LogP) is 6.37. The van der Waals surface area contributed by atoms with Crippen LogP contribution in [0.15, 0.2) is 79.0 Å². The quantitative estimate of drug-likeness (QED) is 0.323. The Labute approximate surface area is 199 Å². The number of nitrogens with zero attached hydrogens (tertiary/aromatic N) is 2. The van der Waals surface area contributed by atoms with Gasteiger partial charge in [0.25, 0.3) is 5.91 Å². The summed E-state index contributed by atoms with van der Waals surface area (Å²) in [5, 5.41) is 8.70. The van der Waals surface area contributed by atoms with Gasteiger partial charge in [-0.05, 0) is 42.5 Å². The molecule has 0 spiro atoms. The van der Waals surface area contributed by atoms with Crippen molar-refractivity contribution in [1.82, 2.24) is 9.78 Å². The first kappa shape index (κ1) is 22.1. The average Bonchev–Trinajstić information content (AvgIpc) is 3.23. The molecule has 1 N–H and O–H groups in total. The van der Waals surface area contributed by atoms with E-state index < -0.39 is 5.91 Å². The molecule has 1 heterocycles. The molecule has 4 rings (SSSR count). The smallest absolute Gasteiger partial charge is 0.257 e. The van der Waals surface area contributed by atoms with Gasteiger partial charge >= 0.3 is 0 Å². The van der Waals surface area contributed by atoms with Crippen LogP contribution in [0.25, 0.3) is 0 Å². The van der Waals surface area contributed by atoms with Crippen molar-refractivity contribution in [3.63, 3.8) is 0 Å². The molecule has 0 aliphatic rings. The third-order valence-electron chi connectivity index (χ3n) is 4.79. The fourth-order valence-corrected chi connectivity index (χ4v) is 3.82. The minimum absolute atomic E-state index is 0.246. The number of anilines is 1. The van der Waals surface area contributed by atoms with Crippen LogP contribution in [0, 0.1) is 0 Å². The number of nitrogens with one attached hydrogen (secondary N) is 1. The van der Waals surface area contributed by atoms with Gasteiger partial charge in [-0.3, -0.25) is 14.3 Å². The number of hydrogen-bond acceptors (Lipinski definition) is 3. The van der Waals surface area contributed by atoms with E-state index in [1.54, 1.807) is 83.7 Å². The minimum Gasteiger partial charge on any atom is -0.305 e. The Bertz CT molecular complexity index is 1280. The lowest BCUT2D eigenvalue weighted by atomic mass is 9.98. The van der Waals surface area contributed by atoms with Crippen LogP contribution >= 0.6 is 34.8 Å². The van der Waals surface area contributed by atoms with E-state index in [0.29, 0.717) is 33.0 Å². The molecular weight excluding hydrogens is 469 g/mol.